The van der Waals surface area contributed by atoms with Gasteiger partial charge in [-0.2, -0.15) is 5.21 Å². The lowest BCUT2D eigenvalue weighted by Crippen LogP contribution is -2.14. The van der Waals surface area contributed by atoms with E-state index in [2.05, 4.69) is 41.9 Å². The molecule has 0 aliphatic heterocycles. The van der Waals surface area contributed by atoms with E-state index in [1.165, 1.54) is 12.1 Å². The molecule has 88 valence electrons. The Morgan fingerprint density at radius 3 is 2.94 bits per heavy atom. The third-order valence-corrected chi connectivity index (χ3v) is 2.67. The number of anilines is 1. The normalized spacial score (nSPS) is 10.3. The van der Waals surface area contributed by atoms with Crippen LogP contribution in [0.1, 0.15) is 16.2 Å². The molecule has 1 amide bonds. The van der Waals surface area contributed by atoms with Gasteiger partial charge < -0.3 is 5.32 Å². The number of aryl methyl sites for hydroxylation is 1. The van der Waals surface area contributed by atoms with E-state index in [0.29, 0.717) is 11.3 Å². The third-order valence-electron chi connectivity index (χ3n) is 2.06. The Labute approximate surface area is 104 Å². The first kappa shape index (κ1) is 11.6. The van der Waals surface area contributed by atoms with Crippen LogP contribution in [0.5, 0.6) is 0 Å². The largest absolute Gasteiger partial charge is 0.319 e. The summed E-state index contributed by atoms with van der Waals surface area (Å²) in [4.78, 5) is 11.6. The Hall–Kier alpha value is -1.83. The predicted molar refractivity (Wildman–Crippen MR) is 61.0 cm³/mol. The Bertz CT molecular complexity index is 557. The highest BCUT2D eigenvalue weighted by Crippen LogP contribution is 2.24. The molecular formula is C9H7BrFN5O. The van der Waals surface area contributed by atoms with E-state index in [4.69, 9.17) is 0 Å². The number of hydrogen-bond donors (Lipinski definition) is 2. The first-order chi connectivity index (χ1) is 8.08. The van der Waals surface area contributed by atoms with Crippen molar-refractivity contribution >= 4 is 27.5 Å². The molecule has 0 aliphatic carbocycles. The fourth-order valence-electron chi connectivity index (χ4n) is 1.22. The number of nitrogens with one attached hydrogen (secondary N) is 2. The number of aromatic amines is 1. The Kier molecular flexibility index (Phi) is 3.14. The minimum Gasteiger partial charge on any atom is -0.319 e. The average molecular weight is 300 g/mol. The van der Waals surface area contributed by atoms with Crippen LogP contribution in [0.2, 0.25) is 0 Å². The zero-order valence-corrected chi connectivity index (χ0v) is 10.2. The lowest BCUT2D eigenvalue weighted by Gasteiger charge is -2.07. The second-order valence-corrected chi connectivity index (χ2v) is 4.13. The number of rotatable bonds is 2. The number of hydrogen-bond acceptors (Lipinski definition) is 4. The topological polar surface area (TPSA) is 83.6 Å². The standard InChI is InChI=1S/C9H7BrFN5O/c1-4-2-6(11)5(10)3-7(4)12-9(17)8-13-15-16-14-8/h2-3H,1H3,(H,12,17)(H,13,14,15,16). The molecule has 2 aromatic rings. The molecular weight excluding hydrogens is 293 g/mol. The van der Waals surface area contributed by atoms with Crippen LogP contribution in [0, 0.1) is 12.7 Å². The van der Waals surface area contributed by atoms with E-state index in [9.17, 15) is 9.18 Å². The van der Waals surface area contributed by atoms with Crippen molar-refractivity contribution in [1.29, 1.82) is 0 Å². The molecule has 1 aromatic heterocycles. The van der Waals surface area contributed by atoms with Crippen LogP contribution in [0.3, 0.4) is 0 Å². The number of benzene rings is 1. The van der Waals surface area contributed by atoms with E-state index >= 15 is 0 Å². The number of carbonyl (C=O) groups is 1. The number of tetrazole rings is 1. The van der Waals surface area contributed by atoms with Crippen LogP contribution < -0.4 is 5.32 Å². The van der Waals surface area contributed by atoms with Gasteiger partial charge in [-0.05, 0) is 45.8 Å². The molecule has 0 atom stereocenters. The number of H-pyrrole nitrogens is 1. The van der Waals surface area contributed by atoms with Gasteiger partial charge in [0.15, 0.2) is 0 Å². The number of halogens is 2. The van der Waals surface area contributed by atoms with Crippen LogP contribution in [0.4, 0.5) is 10.1 Å². The smallest absolute Gasteiger partial charge is 0.297 e. The SMILES string of the molecule is Cc1cc(F)c(Br)cc1NC(=O)c1nn[nH]n1. The summed E-state index contributed by atoms with van der Waals surface area (Å²) in [6.07, 6.45) is 0. The van der Waals surface area contributed by atoms with Gasteiger partial charge in [-0.15, -0.1) is 10.2 Å². The molecule has 8 heteroatoms. The van der Waals surface area contributed by atoms with E-state index in [0.717, 1.165) is 0 Å². The molecule has 17 heavy (non-hydrogen) atoms. The van der Waals surface area contributed by atoms with E-state index in [1.54, 1.807) is 6.92 Å². The predicted octanol–water partition coefficient (Wildman–Crippen LogP) is 1.66. The fourth-order valence-corrected chi connectivity index (χ4v) is 1.56. The summed E-state index contributed by atoms with van der Waals surface area (Å²) < 4.78 is 13.4. The summed E-state index contributed by atoms with van der Waals surface area (Å²) in [5.41, 5.74) is 1.08. The van der Waals surface area contributed by atoms with Crippen molar-refractivity contribution < 1.29 is 9.18 Å². The van der Waals surface area contributed by atoms with Gasteiger partial charge in [0.05, 0.1) is 4.47 Å². The van der Waals surface area contributed by atoms with Crippen molar-refractivity contribution in [3.8, 4) is 0 Å². The highest BCUT2D eigenvalue weighted by atomic mass is 79.9. The van der Waals surface area contributed by atoms with Crippen LogP contribution in [-0.4, -0.2) is 26.5 Å². The maximum absolute atomic E-state index is 13.2. The fraction of sp³-hybridized carbons (Fsp3) is 0.111. The van der Waals surface area contributed by atoms with Crippen LogP contribution in [0.15, 0.2) is 16.6 Å². The Balaban J connectivity index is 2.25. The maximum atomic E-state index is 13.2. The quantitative estimate of drug-likeness (QED) is 0.883. The average Bonchev–Trinajstić information content (AvgIpc) is 2.79. The first-order valence-corrected chi connectivity index (χ1v) is 5.37. The lowest BCUT2D eigenvalue weighted by atomic mass is 10.2. The summed E-state index contributed by atoms with van der Waals surface area (Å²) in [7, 11) is 0. The maximum Gasteiger partial charge on any atom is 0.297 e. The first-order valence-electron chi connectivity index (χ1n) is 4.58. The molecule has 0 spiro atoms. The van der Waals surface area contributed by atoms with Gasteiger partial charge in [-0.3, -0.25) is 4.79 Å². The minimum absolute atomic E-state index is 0.0788. The number of amides is 1. The monoisotopic (exact) mass is 299 g/mol. The van der Waals surface area contributed by atoms with E-state index < -0.39 is 5.91 Å². The Morgan fingerprint density at radius 2 is 2.29 bits per heavy atom. The van der Waals surface area contributed by atoms with Crippen LogP contribution in [-0.2, 0) is 0 Å². The molecule has 6 nitrogen and oxygen atoms in total. The summed E-state index contributed by atoms with van der Waals surface area (Å²) in [6.45, 7) is 1.68. The van der Waals surface area contributed by atoms with E-state index in [-0.39, 0.29) is 16.1 Å². The molecule has 0 bridgehead atoms. The molecule has 0 saturated carbocycles. The van der Waals surface area contributed by atoms with Gasteiger partial charge in [0.25, 0.3) is 11.7 Å². The van der Waals surface area contributed by atoms with Crippen LogP contribution in [0.25, 0.3) is 0 Å². The summed E-state index contributed by atoms with van der Waals surface area (Å²) in [6, 6.07) is 2.79. The van der Waals surface area contributed by atoms with Gasteiger partial charge in [-0.1, -0.05) is 0 Å². The van der Waals surface area contributed by atoms with Gasteiger partial charge in [-0.25, -0.2) is 4.39 Å². The molecule has 1 aromatic carbocycles. The molecule has 0 aliphatic rings. The molecule has 0 radical (unpaired) electrons. The molecule has 0 fully saturated rings. The molecule has 2 rings (SSSR count). The third kappa shape index (κ3) is 2.47. The van der Waals surface area contributed by atoms with Crippen molar-refractivity contribution in [2.75, 3.05) is 5.32 Å². The Morgan fingerprint density at radius 1 is 1.53 bits per heavy atom. The zero-order chi connectivity index (χ0) is 12.4. The molecule has 2 N–H and O–H groups in total. The van der Waals surface area contributed by atoms with Gasteiger partial charge in [0, 0.05) is 5.69 Å². The molecule has 0 saturated heterocycles. The highest BCUT2D eigenvalue weighted by molar-refractivity contribution is 9.10. The van der Waals surface area contributed by atoms with Crippen molar-refractivity contribution in [3.63, 3.8) is 0 Å². The van der Waals surface area contributed by atoms with Crippen molar-refractivity contribution in [2.24, 2.45) is 0 Å². The zero-order valence-electron chi connectivity index (χ0n) is 8.66. The molecule has 1 heterocycles. The number of aromatic nitrogens is 4. The van der Waals surface area contributed by atoms with Crippen molar-refractivity contribution in [1.82, 2.24) is 20.6 Å². The highest BCUT2D eigenvalue weighted by Gasteiger charge is 2.13. The van der Waals surface area contributed by atoms with Gasteiger partial charge >= 0.3 is 0 Å². The van der Waals surface area contributed by atoms with Gasteiger partial charge in [0.1, 0.15) is 5.82 Å². The number of carbonyl (C=O) groups excluding carboxylic acids is 1. The number of nitrogens with zero attached hydrogens (tertiary/aromatic N) is 3. The van der Waals surface area contributed by atoms with E-state index in [1.807, 2.05) is 0 Å². The summed E-state index contributed by atoms with van der Waals surface area (Å²) >= 11 is 3.04. The second kappa shape index (κ2) is 4.58. The minimum atomic E-state index is -0.514. The lowest BCUT2D eigenvalue weighted by molar-refractivity contribution is 0.101. The van der Waals surface area contributed by atoms with Crippen molar-refractivity contribution in [2.45, 2.75) is 6.92 Å². The summed E-state index contributed by atoms with van der Waals surface area (Å²) in [5.74, 6) is -0.981. The molecule has 0 unspecified atom stereocenters. The second-order valence-electron chi connectivity index (χ2n) is 3.27. The van der Waals surface area contributed by atoms with Gasteiger partial charge in [0.2, 0.25) is 0 Å². The van der Waals surface area contributed by atoms with Crippen LogP contribution >= 0.6 is 15.9 Å². The summed E-state index contributed by atoms with van der Waals surface area (Å²) in [5, 5.41) is 15.1. The van der Waals surface area contributed by atoms with Crippen molar-refractivity contribution in [3.05, 3.63) is 33.8 Å².